The Hall–Kier alpha value is -1.19. The molecule has 1 rings (SSSR count). The van der Waals surface area contributed by atoms with Crippen molar-refractivity contribution in [2.75, 3.05) is 14.1 Å². The summed E-state index contributed by atoms with van der Waals surface area (Å²) in [5, 5.41) is 5.18. The van der Waals surface area contributed by atoms with E-state index in [-0.39, 0.29) is 5.91 Å². The van der Waals surface area contributed by atoms with Crippen molar-refractivity contribution in [2.24, 2.45) is 10.1 Å². The van der Waals surface area contributed by atoms with E-state index in [0.717, 1.165) is 0 Å². The summed E-state index contributed by atoms with van der Waals surface area (Å²) in [7, 11) is 3.20. The van der Waals surface area contributed by atoms with Crippen LogP contribution in [0.5, 0.6) is 0 Å². The first-order chi connectivity index (χ1) is 4.66. The van der Waals surface area contributed by atoms with Crippen LogP contribution >= 0.6 is 0 Å². The molecule has 0 N–H and O–H groups in total. The molecule has 0 unspecified atom stereocenters. The molecule has 0 saturated carbocycles. The SMILES string of the molecule is C/N=C1\C(=O)N(C)N=C1C. The highest BCUT2D eigenvalue weighted by Gasteiger charge is 2.24. The Morgan fingerprint density at radius 2 is 2.20 bits per heavy atom. The summed E-state index contributed by atoms with van der Waals surface area (Å²) < 4.78 is 0. The van der Waals surface area contributed by atoms with Crippen LogP contribution in [0.25, 0.3) is 0 Å². The highest BCUT2D eigenvalue weighted by Crippen LogP contribution is 2.01. The predicted molar refractivity (Wildman–Crippen MR) is 39.2 cm³/mol. The first-order valence-electron chi connectivity index (χ1n) is 2.97. The van der Waals surface area contributed by atoms with Crippen molar-refractivity contribution in [1.29, 1.82) is 0 Å². The highest BCUT2D eigenvalue weighted by molar-refractivity contribution is 6.68. The normalized spacial score (nSPS) is 22.3. The van der Waals surface area contributed by atoms with Crippen LogP contribution in [0.4, 0.5) is 0 Å². The second kappa shape index (κ2) is 2.21. The van der Waals surface area contributed by atoms with E-state index in [2.05, 4.69) is 10.1 Å². The summed E-state index contributed by atoms with van der Waals surface area (Å²) in [4.78, 5) is 14.8. The van der Waals surface area contributed by atoms with Crippen molar-refractivity contribution >= 4 is 17.3 Å². The van der Waals surface area contributed by atoms with Gasteiger partial charge in [-0.2, -0.15) is 5.10 Å². The van der Waals surface area contributed by atoms with E-state index in [1.807, 2.05) is 0 Å². The van der Waals surface area contributed by atoms with Gasteiger partial charge < -0.3 is 0 Å². The van der Waals surface area contributed by atoms with Gasteiger partial charge in [-0.1, -0.05) is 0 Å². The molecule has 4 nitrogen and oxygen atoms in total. The number of hydrogen-bond acceptors (Lipinski definition) is 3. The van der Waals surface area contributed by atoms with E-state index in [9.17, 15) is 4.79 Å². The molecule has 4 heteroatoms. The van der Waals surface area contributed by atoms with Crippen molar-refractivity contribution in [3.63, 3.8) is 0 Å². The molecule has 1 aliphatic rings. The smallest absolute Gasteiger partial charge is 0.281 e. The van der Waals surface area contributed by atoms with Gasteiger partial charge in [-0.25, -0.2) is 5.01 Å². The van der Waals surface area contributed by atoms with E-state index in [0.29, 0.717) is 11.4 Å². The largest absolute Gasteiger partial charge is 0.293 e. The summed E-state index contributed by atoms with van der Waals surface area (Å²) in [5.41, 5.74) is 1.15. The van der Waals surface area contributed by atoms with Crippen LogP contribution in [0.2, 0.25) is 0 Å². The van der Waals surface area contributed by atoms with Crippen LogP contribution in [0.3, 0.4) is 0 Å². The second-order valence-corrected chi connectivity index (χ2v) is 2.09. The maximum atomic E-state index is 11.0. The average Bonchev–Trinajstić information content (AvgIpc) is 2.09. The number of hydrogen-bond donors (Lipinski definition) is 0. The van der Waals surface area contributed by atoms with Gasteiger partial charge in [0, 0.05) is 14.1 Å². The van der Waals surface area contributed by atoms with Crippen LogP contribution in [-0.2, 0) is 4.79 Å². The van der Waals surface area contributed by atoms with Crippen molar-refractivity contribution in [1.82, 2.24) is 5.01 Å². The zero-order valence-electron chi connectivity index (χ0n) is 6.25. The molecular weight excluding hydrogens is 130 g/mol. The van der Waals surface area contributed by atoms with Crippen LogP contribution in [0.1, 0.15) is 6.92 Å². The van der Waals surface area contributed by atoms with Gasteiger partial charge in [0.25, 0.3) is 5.91 Å². The lowest BCUT2D eigenvalue weighted by Crippen LogP contribution is -2.23. The number of aliphatic imine (C=N–C) groups is 1. The molecule has 0 spiro atoms. The Morgan fingerprint density at radius 3 is 2.40 bits per heavy atom. The third kappa shape index (κ3) is 0.814. The predicted octanol–water partition coefficient (Wildman–Crippen LogP) is -0.0949. The van der Waals surface area contributed by atoms with Gasteiger partial charge in [0.1, 0.15) is 5.71 Å². The molecular formula is C6H9N3O. The summed E-state index contributed by atoms with van der Waals surface area (Å²) in [5.74, 6) is -0.125. The maximum Gasteiger partial charge on any atom is 0.293 e. The lowest BCUT2D eigenvalue weighted by atomic mass is 10.2. The molecule has 0 aromatic rings. The Labute approximate surface area is 59.2 Å². The standard InChI is InChI=1S/C6H9N3O/c1-4-5(7-2)6(10)9(3)8-4/h1-3H3/b7-5-. The van der Waals surface area contributed by atoms with Gasteiger partial charge >= 0.3 is 0 Å². The van der Waals surface area contributed by atoms with Crippen LogP contribution < -0.4 is 0 Å². The highest BCUT2D eigenvalue weighted by atomic mass is 16.2. The molecule has 0 radical (unpaired) electrons. The van der Waals surface area contributed by atoms with Crippen molar-refractivity contribution in [3.8, 4) is 0 Å². The fourth-order valence-corrected chi connectivity index (χ4v) is 0.883. The molecule has 0 aromatic carbocycles. The lowest BCUT2D eigenvalue weighted by molar-refractivity contribution is -0.122. The van der Waals surface area contributed by atoms with Crippen molar-refractivity contribution in [2.45, 2.75) is 6.92 Å². The van der Waals surface area contributed by atoms with Gasteiger partial charge in [0.2, 0.25) is 0 Å². The number of carbonyl (C=O) groups is 1. The second-order valence-electron chi connectivity index (χ2n) is 2.09. The van der Waals surface area contributed by atoms with E-state index in [4.69, 9.17) is 0 Å². The average molecular weight is 139 g/mol. The van der Waals surface area contributed by atoms with Gasteiger partial charge in [-0.3, -0.25) is 9.79 Å². The number of carbonyl (C=O) groups excluding carboxylic acids is 1. The molecule has 0 aromatic heterocycles. The summed E-state index contributed by atoms with van der Waals surface area (Å²) >= 11 is 0. The first-order valence-corrected chi connectivity index (χ1v) is 2.97. The Kier molecular flexibility index (Phi) is 1.53. The maximum absolute atomic E-state index is 11.0. The minimum Gasteiger partial charge on any atom is -0.281 e. The monoisotopic (exact) mass is 139 g/mol. The van der Waals surface area contributed by atoms with Gasteiger partial charge in [0.05, 0.1) is 5.71 Å². The van der Waals surface area contributed by atoms with Gasteiger partial charge in [-0.05, 0) is 6.92 Å². The van der Waals surface area contributed by atoms with Crippen molar-refractivity contribution in [3.05, 3.63) is 0 Å². The zero-order chi connectivity index (χ0) is 7.72. The number of nitrogens with zero attached hydrogens (tertiary/aromatic N) is 3. The minimum atomic E-state index is -0.125. The van der Waals surface area contributed by atoms with Gasteiger partial charge in [0.15, 0.2) is 0 Å². The van der Waals surface area contributed by atoms with Crippen LogP contribution in [-0.4, -0.2) is 36.4 Å². The molecule has 1 aliphatic heterocycles. The summed E-state index contributed by atoms with van der Waals surface area (Å²) in [6.45, 7) is 1.77. The number of hydrazone groups is 1. The minimum absolute atomic E-state index is 0.125. The number of rotatable bonds is 0. The Morgan fingerprint density at radius 1 is 1.60 bits per heavy atom. The third-order valence-corrected chi connectivity index (χ3v) is 1.36. The van der Waals surface area contributed by atoms with Gasteiger partial charge in [-0.15, -0.1) is 0 Å². The lowest BCUT2D eigenvalue weighted by Gasteiger charge is -1.99. The topological polar surface area (TPSA) is 45.0 Å². The molecule has 1 heterocycles. The van der Waals surface area contributed by atoms with E-state index < -0.39 is 0 Å². The van der Waals surface area contributed by atoms with Crippen LogP contribution in [0, 0.1) is 0 Å². The third-order valence-electron chi connectivity index (χ3n) is 1.36. The zero-order valence-corrected chi connectivity index (χ0v) is 6.25. The quantitative estimate of drug-likeness (QED) is 0.462. The molecule has 0 atom stereocenters. The van der Waals surface area contributed by atoms with E-state index in [1.165, 1.54) is 5.01 Å². The molecule has 0 aliphatic carbocycles. The molecule has 0 bridgehead atoms. The number of amides is 1. The van der Waals surface area contributed by atoms with Crippen molar-refractivity contribution < 1.29 is 4.79 Å². The fourth-order valence-electron chi connectivity index (χ4n) is 0.883. The first kappa shape index (κ1) is 6.92. The fraction of sp³-hybridized carbons (Fsp3) is 0.500. The summed E-state index contributed by atoms with van der Waals surface area (Å²) in [6, 6.07) is 0. The molecule has 54 valence electrons. The molecule has 10 heavy (non-hydrogen) atoms. The Bertz CT molecular complexity index is 229. The molecule has 0 saturated heterocycles. The molecule has 0 fully saturated rings. The summed E-state index contributed by atoms with van der Waals surface area (Å²) in [6.07, 6.45) is 0. The van der Waals surface area contributed by atoms with E-state index >= 15 is 0 Å². The van der Waals surface area contributed by atoms with Crippen LogP contribution in [0.15, 0.2) is 10.1 Å². The Balaban J connectivity index is 3.00. The molecule has 1 amide bonds. The van der Waals surface area contributed by atoms with E-state index in [1.54, 1.807) is 21.0 Å².